The lowest BCUT2D eigenvalue weighted by Crippen LogP contribution is -2.36. The van der Waals surface area contributed by atoms with E-state index in [-0.39, 0.29) is 11.7 Å². The minimum absolute atomic E-state index is 0.103. The Morgan fingerprint density at radius 1 is 1.12 bits per heavy atom. The molecule has 1 amide bonds. The number of nitrogens with zero attached hydrogens (tertiary/aromatic N) is 1. The average molecular weight is 347 g/mol. The van der Waals surface area contributed by atoms with Crippen molar-refractivity contribution < 1.29 is 9.18 Å². The number of carbonyl (C=O) groups is 1. The summed E-state index contributed by atoms with van der Waals surface area (Å²) in [6.07, 6.45) is 3.06. The number of aromatic nitrogens is 2. The molecular weight excluding hydrogens is 329 g/mol. The van der Waals surface area contributed by atoms with E-state index >= 15 is 0 Å². The highest BCUT2D eigenvalue weighted by atomic mass is 19.1. The normalized spacial score (nSPS) is 14.1. The third kappa shape index (κ3) is 2.39. The van der Waals surface area contributed by atoms with Crippen LogP contribution >= 0.6 is 0 Å². The van der Waals surface area contributed by atoms with Crippen molar-refractivity contribution in [3.8, 4) is 0 Å². The van der Waals surface area contributed by atoms with Gasteiger partial charge in [-0.15, -0.1) is 0 Å². The number of H-pyrrole nitrogens is 2. The molecule has 3 heterocycles. The van der Waals surface area contributed by atoms with Gasteiger partial charge in [-0.3, -0.25) is 4.79 Å². The van der Waals surface area contributed by atoms with Crippen molar-refractivity contribution in [3.05, 3.63) is 71.3 Å². The number of benzene rings is 2. The first-order chi connectivity index (χ1) is 12.7. The third-order valence-electron chi connectivity index (χ3n) is 5.31. The molecule has 0 aliphatic carbocycles. The maximum Gasteiger partial charge on any atom is 0.227 e. The minimum atomic E-state index is -0.249. The van der Waals surface area contributed by atoms with Crippen molar-refractivity contribution >= 4 is 27.7 Å². The molecule has 1 aliphatic heterocycles. The number of nitrogens with one attached hydrogen (secondary N) is 2. The Bertz CT molecular complexity index is 1140. The van der Waals surface area contributed by atoms with Gasteiger partial charge < -0.3 is 14.9 Å². The number of rotatable bonds is 2. The fourth-order valence-corrected chi connectivity index (χ4v) is 3.95. The van der Waals surface area contributed by atoms with Crippen LogP contribution in [-0.4, -0.2) is 27.3 Å². The SMILES string of the molecule is O=C(Cc1c[nH]c2ccccc12)N1CCc2[nH]c3ccc(F)cc3c2C1. The summed E-state index contributed by atoms with van der Waals surface area (Å²) in [5, 5.41) is 1.97. The highest BCUT2D eigenvalue weighted by molar-refractivity contribution is 5.90. The molecule has 0 fully saturated rings. The Kier molecular flexibility index (Phi) is 3.35. The van der Waals surface area contributed by atoms with Crippen molar-refractivity contribution in [3.63, 3.8) is 0 Å². The van der Waals surface area contributed by atoms with Crippen molar-refractivity contribution in [1.82, 2.24) is 14.9 Å². The lowest BCUT2D eigenvalue weighted by atomic mass is 10.0. The topological polar surface area (TPSA) is 51.9 Å². The van der Waals surface area contributed by atoms with Gasteiger partial charge in [0.1, 0.15) is 5.82 Å². The molecule has 0 saturated heterocycles. The van der Waals surface area contributed by atoms with Crippen LogP contribution in [0.1, 0.15) is 16.8 Å². The second-order valence-corrected chi connectivity index (χ2v) is 6.87. The first kappa shape index (κ1) is 15.2. The lowest BCUT2D eigenvalue weighted by molar-refractivity contribution is -0.131. The Morgan fingerprint density at radius 2 is 2.00 bits per heavy atom. The van der Waals surface area contributed by atoms with Gasteiger partial charge in [0.15, 0.2) is 0 Å². The smallest absolute Gasteiger partial charge is 0.227 e. The van der Waals surface area contributed by atoms with Crippen LogP contribution in [0.2, 0.25) is 0 Å². The predicted molar refractivity (Wildman–Crippen MR) is 99.4 cm³/mol. The molecule has 0 spiro atoms. The number of para-hydroxylation sites is 1. The van der Waals surface area contributed by atoms with Crippen LogP contribution in [0.25, 0.3) is 21.8 Å². The van der Waals surface area contributed by atoms with Crippen molar-refractivity contribution in [2.45, 2.75) is 19.4 Å². The van der Waals surface area contributed by atoms with Crippen LogP contribution in [0.4, 0.5) is 4.39 Å². The molecule has 2 aromatic carbocycles. The quantitative estimate of drug-likeness (QED) is 0.567. The molecule has 0 unspecified atom stereocenters. The number of hydrogen-bond donors (Lipinski definition) is 2. The number of amides is 1. The van der Waals surface area contributed by atoms with Crippen LogP contribution in [0.3, 0.4) is 0 Å². The molecule has 4 aromatic rings. The summed E-state index contributed by atoms with van der Waals surface area (Å²) < 4.78 is 13.6. The number of carbonyl (C=O) groups excluding carboxylic acids is 1. The zero-order valence-electron chi connectivity index (χ0n) is 14.2. The summed E-state index contributed by atoms with van der Waals surface area (Å²) in [6, 6.07) is 12.8. The fourth-order valence-electron chi connectivity index (χ4n) is 3.95. The van der Waals surface area contributed by atoms with Gasteiger partial charge in [-0.25, -0.2) is 4.39 Å². The molecule has 26 heavy (non-hydrogen) atoms. The van der Waals surface area contributed by atoms with Crippen molar-refractivity contribution in [1.29, 1.82) is 0 Å². The summed E-state index contributed by atoms with van der Waals surface area (Å²) in [5.41, 5.74) is 5.15. The first-order valence-electron chi connectivity index (χ1n) is 8.81. The van der Waals surface area contributed by atoms with Crippen molar-refractivity contribution in [2.24, 2.45) is 0 Å². The van der Waals surface area contributed by atoms with Crippen molar-refractivity contribution in [2.75, 3.05) is 6.54 Å². The highest BCUT2D eigenvalue weighted by Gasteiger charge is 2.24. The molecule has 5 heteroatoms. The number of halogens is 1. The lowest BCUT2D eigenvalue weighted by Gasteiger charge is -2.27. The summed E-state index contributed by atoms with van der Waals surface area (Å²) in [4.78, 5) is 21.3. The largest absolute Gasteiger partial charge is 0.361 e. The molecule has 1 aliphatic rings. The van der Waals surface area contributed by atoms with Gasteiger partial charge >= 0.3 is 0 Å². The zero-order chi connectivity index (χ0) is 17.7. The molecule has 0 bridgehead atoms. The molecule has 130 valence electrons. The molecule has 0 saturated carbocycles. The molecule has 0 radical (unpaired) electrons. The van der Waals surface area contributed by atoms with E-state index in [9.17, 15) is 9.18 Å². The Morgan fingerprint density at radius 3 is 2.92 bits per heavy atom. The van der Waals surface area contributed by atoms with Crippen LogP contribution in [-0.2, 0) is 24.2 Å². The number of fused-ring (bicyclic) bond motifs is 4. The van der Waals surface area contributed by atoms with E-state index in [0.717, 1.165) is 45.0 Å². The Balaban J connectivity index is 1.42. The Hall–Kier alpha value is -3.08. The summed E-state index contributed by atoms with van der Waals surface area (Å²) in [7, 11) is 0. The fraction of sp³-hybridized carbons (Fsp3) is 0.190. The predicted octanol–water partition coefficient (Wildman–Crippen LogP) is 3.92. The third-order valence-corrected chi connectivity index (χ3v) is 5.31. The average Bonchev–Trinajstić information content (AvgIpc) is 3.22. The van der Waals surface area contributed by atoms with Gasteiger partial charge in [-0.1, -0.05) is 18.2 Å². The van der Waals surface area contributed by atoms with Gasteiger partial charge in [-0.05, 0) is 29.8 Å². The van der Waals surface area contributed by atoms with Crippen LogP contribution in [0.5, 0.6) is 0 Å². The van der Waals surface area contributed by atoms with Gasteiger partial charge in [0, 0.05) is 58.8 Å². The van der Waals surface area contributed by atoms with Crippen LogP contribution in [0.15, 0.2) is 48.7 Å². The van der Waals surface area contributed by atoms with Gasteiger partial charge in [0.25, 0.3) is 0 Å². The van der Waals surface area contributed by atoms with Gasteiger partial charge in [-0.2, -0.15) is 0 Å². The van der Waals surface area contributed by atoms with E-state index in [1.54, 1.807) is 12.1 Å². The van der Waals surface area contributed by atoms with Gasteiger partial charge in [0.05, 0.1) is 6.42 Å². The summed E-state index contributed by atoms with van der Waals surface area (Å²) >= 11 is 0. The van der Waals surface area contributed by atoms with E-state index in [1.165, 1.54) is 6.07 Å². The summed E-state index contributed by atoms with van der Waals surface area (Å²) in [5.74, 6) is -0.146. The highest BCUT2D eigenvalue weighted by Crippen LogP contribution is 2.29. The first-order valence-corrected chi connectivity index (χ1v) is 8.81. The van der Waals surface area contributed by atoms with E-state index in [2.05, 4.69) is 9.97 Å². The second kappa shape index (κ2) is 5.73. The monoisotopic (exact) mass is 347 g/mol. The van der Waals surface area contributed by atoms with E-state index in [1.807, 2.05) is 35.4 Å². The van der Waals surface area contributed by atoms with E-state index in [0.29, 0.717) is 19.5 Å². The van der Waals surface area contributed by atoms with Crippen LogP contribution in [0, 0.1) is 5.82 Å². The van der Waals surface area contributed by atoms with Crippen LogP contribution < -0.4 is 0 Å². The molecule has 2 N–H and O–H groups in total. The molecule has 4 nitrogen and oxygen atoms in total. The zero-order valence-corrected chi connectivity index (χ0v) is 14.2. The molecule has 5 rings (SSSR count). The molecular formula is C21H18FN3O. The number of hydrogen-bond acceptors (Lipinski definition) is 1. The maximum absolute atomic E-state index is 13.6. The standard InChI is InChI=1S/C21H18FN3O/c22-14-5-6-19-16(10-14)17-12-25(8-7-20(17)24-19)21(26)9-13-11-23-18-4-2-1-3-15(13)18/h1-6,10-11,23-24H,7-9,12H2. The maximum atomic E-state index is 13.6. The summed E-state index contributed by atoms with van der Waals surface area (Å²) in [6.45, 7) is 1.21. The minimum Gasteiger partial charge on any atom is -0.361 e. The van der Waals surface area contributed by atoms with E-state index in [4.69, 9.17) is 0 Å². The van der Waals surface area contributed by atoms with E-state index < -0.39 is 0 Å². The number of aromatic amines is 2. The Labute approximate surface area is 149 Å². The molecule has 2 aromatic heterocycles. The van der Waals surface area contributed by atoms with Gasteiger partial charge in [0.2, 0.25) is 5.91 Å². The molecule has 0 atom stereocenters. The second-order valence-electron chi connectivity index (χ2n) is 6.87.